The Balaban J connectivity index is 1.04. The molecule has 5 aromatic heterocycles. The van der Waals surface area contributed by atoms with Crippen LogP contribution < -0.4 is 21.1 Å². The van der Waals surface area contributed by atoms with Crippen LogP contribution in [0.15, 0.2) is 143 Å². The normalized spacial score (nSPS) is 11.4. The molecule has 0 amide bonds. The van der Waals surface area contributed by atoms with E-state index in [0.717, 1.165) is 59.5 Å². The maximum Gasteiger partial charge on any atom is 0.345 e. The Bertz CT molecular complexity index is 2560. The predicted molar refractivity (Wildman–Crippen MR) is 215 cm³/mol. The van der Waals surface area contributed by atoms with Crippen LogP contribution in [-0.4, -0.2) is 31.2 Å². The summed E-state index contributed by atoms with van der Waals surface area (Å²) in [6.45, 7) is 11.8. The van der Waals surface area contributed by atoms with E-state index in [0.29, 0.717) is 56.7 Å². The summed E-state index contributed by atoms with van der Waals surface area (Å²) in [6, 6.07) is 36.0. The number of benzene rings is 3. The van der Waals surface area contributed by atoms with E-state index in [2.05, 4.69) is 43.6 Å². The summed E-state index contributed by atoms with van der Waals surface area (Å²) < 4.78 is 24.1. The number of pyridine rings is 1. The molecular formula is C45H39N3O6. The fourth-order valence-corrected chi connectivity index (χ4v) is 6.95. The van der Waals surface area contributed by atoms with Gasteiger partial charge in [0.2, 0.25) is 0 Å². The number of aromatic nitrogens is 1. The van der Waals surface area contributed by atoms with Crippen LogP contribution in [-0.2, 0) is 0 Å². The number of furan rings is 2. The van der Waals surface area contributed by atoms with Crippen molar-refractivity contribution < 1.29 is 17.7 Å². The second-order valence-electron chi connectivity index (χ2n) is 13.0. The summed E-state index contributed by atoms with van der Waals surface area (Å²) in [4.78, 5) is 35.5. The average Bonchev–Trinajstić information content (AvgIpc) is 3.90. The van der Waals surface area contributed by atoms with E-state index in [1.165, 1.54) is 0 Å². The van der Waals surface area contributed by atoms with Gasteiger partial charge in [0.1, 0.15) is 22.6 Å². The quantitative estimate of drug-likeness (QED) is 0.121. The first-order valence-electron chi connectivity index (χ1n) is 18.3. The smallest absolute Gasteiger partial charge is 0.345 e. The van der Waals surface area contributed by atoms with Crippen molar-refractivity contribution in [2.24, 2.45) is 0 Å². The van der Waals surface area contributed by atoms with Gasteiger partial charge in [-0.2, -0.15) is 0 Å². The Morgan fingerprint density at radius 1 is 0.463 bits per heavy atom. The largest absolute Gasteiger partial charge is 0.453 e. The van der Waals surface area contributed by atoms with E-state index in [1.54, 1.807) is 6.07 Å². The minimum Gasteiger partial charge on any atom is -0.453 e. The number of hydrogen-bond donors (Lipinski definition) is 0. The van der Waals surface area contributed by atoms with Crippen LogP contribution >= 0.6 is 0 Å². The Hall–Kier alpha value is -6.61. The molecule has 0 unspecified atom stereocenters. The Labute approximate surface area is 311 Å². The predicted octanol–water partition coefficient (Wildman–Crippen LogP) is 10.5. The third kappa shape index (κ3) is 6.49. The molecule has 0 bridgehead atoms. The molecule has 9 nitrogen and oxygen atoms in total. The molecule has 0 saturated carbocycles. The number of hydrogen-bond acceptors (Lipinski definition) is 9. The van der Waals surface area contributed by atoms with Gasteiger partial charge >= 0.3 is 11.3 Å². The van der Waals surface area contributed by atoms with Crippen molar-refractivity contribution in [3.05, 3.63) is 136 Å². The Morgan fingerprint density at radius 2 is 0.963 bits per heavy atom. The standard InChI is InChI=1S/C45H39N3O6/c1-5-47(6-2)32-17-15-30-24-34(44(49)53-42(30)26-32)28-11-9-12-29(23-28)38-19-21-40(51-38)41-22-20-39(52-41)37-14-10-13-36(46-37)35-25-31-16-18-33(48(7-3)8-4)27-43(31)54-45(35)50/h9-27H,5-8H2,1-4H3. The molecule has 9 heteroatoms. The summed E-state index contributed by atoms with van der Waals surface area (Å²) in [6.07, 6.45) is 0. The first-order chi connectivity index (χ1) is 26.3. The Kier molecular flexibility index (Phi) is 9.21. The molecule has 0 aliphatic rings. The summed E-state index contributed by atoms with van der Waals surface area (Å²) in [5, 5.41) is 1.67. The number of anilines is 2. The fraction of sp³-hybridized carbons (Fsp3) is 0.178. The van der Waals surface area contributed by atoms with Crippen LogP contribution in [0.2, 0.25) is 0 Å². The van der Waals surface area contributed by atoms with Crippen LogP contribution in [0.4, 0.5) is 11.4 Å². The van der Waals surface area contributed by atoms with Crippen molar-refractivity contribution in [3.8, 4) is 56.7 Å². The number of fused-ring (bicyclic) bond motifs is 2. The third-order valence-electron chi connectivity index (χ3n) is 9.89. The zero-order valence-electron chi connectivity index (χ0n) is 30.6. The lowest BCUT2D eigenvalue weighted by Gasteiger charge is -2.21. The highest BCUT2D eigenvalue weighted by Gasteiger charge is 2.17. The molecular weight excluding hydrogens is 679 g/mol. The van der Waals surface area contributed by atoms with Crippen molar-refractivity contribution in [1.82, 2.24) is 4.98 Å². The molecule has 8 aromatic rings. The molecule has 54 heavy (non-hydrogen) atoms. The molecule has 5 heterocycles. The van der Waals surface area contributed by atoms with Gasteiger partial charge in [-0.25, -0.2) is 14.6 Å². The molecule has 3 aromatic carbocycles. The molecule has 0 fully saturated rings. The highest BCUT2D eigenvalue weighted by molar-refractivity contribution is 5.86. The van der Waals surface area contributed by atoms with Crippen LogP contribution in [0.25, 0.3) is 78.6 Å². The summed E-state index contributed by atoms with van der Waals surface area (Å²) in [5.74, 6) is 2.19. The minimum absolute atomic E-state index is 0.371. The maximum atomic E-state index is 13.2. The van der Waals surface area contributed by atoms with Gasteiger partial charge in [-0.3, -0.25) is 0 Å². The van der Waals surface area contributed by atoms with Gasteiger partial charge in [0.25, 0.3) is 0 Å². The second-order valence-corrected chi connectivity index (χ2v) is 13.0. The lowest BCUT2D eigenvalue weighted by Crippen LogP contribution is -2.21. The van der Waals surface area contributed by atoms with Crippen molar-refractivity contribution >= 4 is 33.3 Å². The monoisotopic (exact) mass is 717 g/mol. The van der Waals surface area contributed by atoms with E-state index < -0.39 is 11.3 Å². The molecule has 0 aliphatic heterocycles. The molecule has 0 aliphatic carbocycles. The van der Waals surface area contributed by atoms with E-state index in [9.17, 15) is 9.59 Å². The summed E-state index contributed by atoms with van der Waals surface area (Å²) in [7, 11) is 0. The third-order valence-corrected chi connectivity index (χ3v) is 9.89. The van der Waals surface area contributed by atoms with Gasteiger partial charge < -0.3 is 27.5 Å². The molecule has 0 atom stereocenters. The zero-order chi connectivity index (χ0) is 37.3. The molecule has 0 saturated heterocycles. The molecule has 8 rings (SSSR count). The topological polar surface area (TPSA) is 106 Å². The van der Waals surface area contributed by atoms with Crippen LogP contribution in [0.1, 0.15) is 27.7 Å². The number of nitrogens with zero attached hydrogens (tertiary/aromatic N) is 3. The molecule has 270 valence electrons. The van der Waals surface area contributed by atoms with Gasteiger partial charge in [0.15, 0.2) is 17.3 Å². The van der Waals surface area contributed by atoms with Crippen molar-refractivity contribution in [3.63, 3.8) is 0 Å². The van der Waals surface area contributed by atoms with Crippen LogP contribution in [0, 0.1) is 0 Å². The first kappa shape index (κ1) is 34.5. The minimum atomic E-state index is -0.456. The highest BCUT2D eigenvalue weighted by atomic mass is 16.4. The maximum absolute atomic E-state index is 13.2. The molecule has 0 radical (unpaired) electrons. The fourth-order valence-electron chi connectivity index (χ4n) is 6.95. The lowest BCUT2D eigenvalue weighted by molar-refractivity contribution is 0.538. The lowest BCUT2D eigenvalue weighted by atomic mass is 10.0. The van der Waals surface area contributed by atoms with Gasteiger partial charge in [-0.05, 0) is 112 Å². The van der Waals surface area contributed by atoms with E-state index in [-0.39, 0.29) is 0 Å². The SMILES string of the molecule is CCN(CC)c1ccc2cc(-c3cccc(-c4ccc(-c5ccc(-c6cccc(-c7cc8ccc(N(CC)CC)cc8oc7=O)n6)o5)o4)c3)c(=O)oc2c1. The first-order valence-corrected chi connectivity index (χ1v) is 18.3. The van der Waals surface area contributed by atoms with Gasteiger partial charge in [0.05, 0.1) is 16.8 Å². The van der Waals surface area contributed by atoms with Gasteiger partial charge in [0, 0.05) is 66.0 Å². The van der Waals surface area contributed by atoms with Crippen molar-refractivity contribution in [1.29, 1.82) is 0 Å². The summed E-state index contributed by atoms with van der Waals surface area (Å²) in [5.41, 5.74) is 5.69. The molecule has 0 N–H and O–H groups in total. The average molecular weight is 718 g/mol. The number of rotatable bonds is 11. The van der Waals surface area contributed by atoms with Gasteiger partial charge in [-0.15, -0.1) is 0 Å². The van der Waals surface area contributed by atoms with Crippen LogP contribution in [0.5, 0.6) is 0 Å². The summed E-state index contributed by atoms with van der Waals surface area (Å²) >= 11 is 0. The molecule has 0 spiro atoms. The van der Waals surface area contributed by atoms with E-state index in [4.69, 9.17) is 22.7 Å². The van der Waals surface area contributed by atoms with Crippen LogP contribution in [0.3, 0.4) is 0 Å². The Morgan fingerprint density at radius 3 is 1.59 bits per heavy atom. The zero-order valence-corrected chi connectivity index (χ0v) is 30.6. The second kappa shape index (κ2) is 14.4. The van der Waals surface area contributed by atoms with Gasteiger partial charge in [-0.1, -0.05) is 24.3 Å². The van der Waals surface area contributed by atoms with Crippen molar-refractivity contribution in [2.45, 2.75) is 27.7 Å². The van der Waals surface area contributed by atoms with Crippen molar-refractivity contribution in [2.75, 3.05) is 36.0 Å². The van der Waals surface area contributed by atoms with E-state index >= 15 is 0 Å². The highest BCUT2D eigenvalue weighted by Crippen LogP contribution is 2.34. The van der Waals surface area contributed by atoms with E-state index in [1.807, 2.05) is 103 Å².